The van der Waals surface area contributed by atoms with Crippen molar-refractivity contribution in [3.8, 4) is 0 Å². The number of benzene rings is 1. The number of fused-ring (bicyclic) bond motifs is 1. The minimum atomic E-state index is -0.343. The molecule has 0 saturated carbocycles. The van der Waals surface area contributed by atoms with E-state index in [1.807, 2.05) is 28.0 Å². The highest BCUT2D eigenvalue weighted by Gasteiger charge is 2.33. The lowest BCUT2D eigenvalue weighted by molar-refractivity contribution is -0.383. The molecule has 25 heavy (non-hydrogen) atoms. The van der Waals surface area contributed by atoms with Gasteiger partial charge >= 0.3 is 5.69 Å². The molecule has 2 aliphatic rings. The van der Waals surface area contributed by atoms with Crippen LogP contribution in [0.2, 0.25) is 0 Å². The van der Waals surface area contributed by atoms with Crippen LogP contribution in [0.25, 0.3) is 0 Å². The first kappa shape index (κ1) is 15.8. The first-order valence-corrected chi connectivity index (χ1v) is 8.43. The molecular weight excluding hydrogens is 320 g/mol. The van der Waals surface area contributed by atoms with E-state index in [1.54, 1.807) is 0 Å². The summed E-state index contributed by atoms with van der Waals surface area (Å²) in [4.78, 5) is 26.2. The molecule has 4 rings (SSSR count). The average Bonchev–Trinajstić information content (AvgIpc) is 3.05. The van der Waals surface area contributed by atoms with Crippen LogP contribution in [0.5, 0.6) is 0 Å². The lowest BCUT2D eigenvalue weighted by Crippen LogP contribution is -2.45. The van der Waals surface area contributed by atoms with Gasteiger partial charge in [0.25, 0.3) is 0 Å². The number of hydrogen-bond donors (Lipinski definition) is 0. The van der Waals surface area contributed by atoms with Crippen LogP contribution in [0.4, 0.5) is 23.0 Å². The lowest BCUT2D eigenvalue weighted by Gasteiger charge is -2.33. The molecule has 1 aromatic heterocycles. The maximum atomic E-state index is 11.9. The molecular formula is C17H20N6O2. The second-order valence-corrected chi connectivity index (χ2v) is 6.45. The summed E-state index contributed by atoms with van der Waals surface area (Å²) in [5.74, 6) is 0.811. The van der Waals surface area contributed by atoms with E-state index in [-0.39, 0.29) is 10.6 Å². The van der Waals surface area contributed by atoms with Gasteiger partial charge in [0.05, 0.1) is 4.92 Å². The molecule has 0 atom stereocenters. The molecule has 1 aromatic carbocycles. The van der Waals surface area contributed by atoms with Crippen molar-refractivity contribution < 1.29 is 4.92 Å². The predicted octanol–water partition coefficient (Wildman–Crippen LogP) is 1.83. The third kappa shape index (κ3) is 2.78. The van der Waals surface area contributed by atoms with Crippen molar-refractivity contribution in [2.75, 3.05) is 49.6 Å². The van der Waals surface area contributed by atoms with Crippen LogP contribution in [-0.2, 0) is 6.42 Å². The first-order chi connectivity index (χ1) is 12.1. The smallest absolute Gasteiger partial charge is 0.348 e. The molecule has 8 heteroatoms. The third-order valence-electron chi connectivity index (χ3n) is 4.91. The van der Waals surface area contributed by atoms with E-state index in [2.05, 4.69) is 28.0 Å². The fraction of sp³-hybridized carbons (Fsp3) is 0.412. The molecule has 8 nitrogen and oxygen atoms in total. The summed E-state index contributed by atoms with van der Waals surface area (Å²) >= 11 is 0. The van der Waals surface area contributed by atoms with Crippen molar-refractivity contribution in [3.05, 3.63) is 46.3 Å². The van der Waals surface area contributed by atoms with Gasteiger partial charge in [-0.25, -0.2) is 9.97 Å². The average molecular weight is 340 g/mol. The normalized spacial score (nSPS) is 17.6. The molecule has 1 saturated heterocycles. The Bertz CT molecular complexity index is 803. The van der Waals surface area contributed by atoms with Crippen molar-refractivity contribution in [1.29, 1.82) is 0 Å². The molecule has 0 amide bonds. The second kappa shape index (κ2) is 6.29. The van der Waals surface area contributed by atoms with Gasteiger partial charge in [-0.15, -0.1) is 0 Å². The summed E-state index contributed by atoms with van der Waals surface area (Å²) in [6.45, 7) is 3.88. The molecule has 0 bridgehead atoms. The Morgan fingerprint density at radius 1 is 1.04 bits per heavy atom. The summed E-state index contributed by atoms with van der Waals surface area (Å²) in [6.07, 6.45) is 2.30. The van der Waals surface area contributed by atoms with Crippen molar-refractivity contribution in [2.24, 2.45) is 0 Å². The quantitative estimate of drug-likeness (QED) is 0.623. The Morgan fingerprint density at radius 3 is 2.52 bits per heavy atom. The number of rotatable bonds is 3. The van der Waals surface area contributed by atoms with Crippen molar-refractivity contribution >= 4 is 23.0 Å². The van der Waals surface area contributed by atoms with E-state index < -0.39 is 0 Å². The van der Waals surface area contributed by atoms with Crippen molar-refractivity contribution in [3.63, 3.8) is 0 Å². The highest BCUT2D eigenvalue weighted by molar-refractivity contribution is 5.78. The highest BCUT2D eigenvalue weighted by Crippen LogP contribution is 2.41. The summed E-state index contributed by atoms with van der Waals surface area (Å²) in [5.41, 5.74) is 2.19. The van der Waals surface area contributed by atoms with Crippen LogP contribution in [0.15, 0.2) is 30.6 Å². The number of anilines is 3. The van der Waals surface area contributed by atoms with E-state index in [9.17, 15) is 10.1 Å². The summed E-state index contributed by atoms with van der Waals surface area (Å²) < 4.78 is 0. The largest absolute Gasteiger partial charge is 0.353 e. The number of aromatic nitrogens is 2. The molecule has 130 valence electrons. The topological polar surface area (TPSA) is 78.6 Å². The van der Waals surface area contributed by atoms with Crippen LogP contribution < -0.4 is 9.80 Å². The standard InChI is InChI=1S/C17H20N6O2/c1-20-8-10-21(11-9-20)16-15(23(24)25)17(19-12-18-16)22-7-6-13-4-2-3-5-14(13)22/h2-5,12H,6-11H2,1H3. The van der Waals surface area contributed by atoms with Crippen LogP contribution in [0.1, 0.15) is 5.56 Å². The summed E-state index contributed by atoms with van der Waals surface area (Å²) in [6, 6.07) is 7.99. The Kier molecular flexibility index (Phi) is 3.96. The summed E-state index contributed by atoms with van der Waals surface area (Å²) in [7, 11) is 2.05. The maximum Gasteiger partial charge on any atom is 0.353 e. The molecule has 2 aliphatic heterocycles. The van der Waals surface area contributed by atoms with Gasteiger partial charge in [0.2, 0.25) is 11.6 Å². The van der Waals surface area contributed by atoms with Crippen LogP contribution in [-0.4, -0.2) is 59.6 Å². The van der Waals surface area contributed by atoms with Crippen molar-refractivity contribution in [2.45, 2.75) is 6.42 Å². The molecule has 3 heterocycles. The number of nitrogens with zero attached hydrogens (tertiary/aromatic N) is 6. The predicted molar refractivity (Wildman–Crippen MR) is 95.5 cm³/mol. The fourth-order valence-electron chi connectivity index (χ4n) is 3.53. The van der Waals surface area contributed by atoms with Gasteiger partial charge in [-0.2, -0.15) is 0 Å². The Balaban J connectivity index is 1.77. The Morgan fingerprint density at radius 2 is 1.76 bits per heavy atom. The Labute approximate surface area is 145 Å². The van der Waals surface area contributed by atoms with Gasteiger partial charge < -0.3 is 14.7 Å². The molecule has 0 aliphatic carbocycles. The van der Waals surface area contributed by atoms with E-state index in [0.717, 1.165) is 38.3 Å². The van der Waals surface area contributed by atoms with E-state index in [1.165, 1.54) is 11.9 Å². The number of hydrogen-bond acceptors (Lipinski definition) is 7. The van der Waals surface area contributed by atoms with Gasteiger partial charge in [-0.3, -0.25) is 10.1 Å². The number of para-hydroxylation sites is 1. The van der Waals surface area contributed by atoms with E-state index >= 15 is 0 Å². The lowest BCUT2D eigenvalue weighted by atomic mass is 10.2. The van der Waals surface area contributed by atoms with Gasteiger partial charge in [0.1, 0.15) is 6.33 Å². The van der Waals surface area contributed by atoms with Gasteiger partial charge in [-0.1, -0.05) is 18.2 Å². The molecule has 0 unspecified atom stereocenters. The monoisotopic (exact) mass is 340 g/mol. The molecule has 1 fully saturated rings. The molecule has 2 aromatic rings. The van der Waals surface area contributed by atoms with Gasteiger partial charge in [-0.05, 0) is 25.1 Å². The number of nitro groups is 1. The second-order valence-electron chi connectivity index (χ2n) is 6.45. The fourth-order valence-corrected chi connectivity index (χ4v) is 3.53. The molecule has 0 N–H and O–H groups in total. The van der Waals surface area contributed by atoms with Crippen LogP contribution >= 0.6 is 0 Å². The minimum absolute atomic E-state index is 0.00348. The minimum Gasteiger partial charge on any atom is -0.348 e. The molecule has 0 spiro atoms. The zero-order chi connectivity index (χ0) is 17.4. The van der Waals surface area contributed by atoms with E-state index in [4.69, 9.17) is 0 Å². The third-order valence-corrected chi connectivity index (χ3v) is 4.91. The zero-order valence-electron chi connectivity index (χ0n) is 14.1. The maximum absolute atomic E-state index is 11.9. The number of likely N-dealkylation sites (N-methyl/N-ethyl adjacent to an activating group) is 1. The van der Waals surface area contributed by atoms with Gasteiger partial charge in [0.15, 0.2) is 0 Å². The van der Waals surface area contributed by atoms with Crippen LogP contribution in [0.3, 0.4) is 0 Å². The summed E-state index contributed by atoms with van der Waals surface area (Å²) in [5, 5.41) is 11.9. The zero-order valence-corrected chi connectivity index (χ0v) is 14.1. The SMILES string of the molecule is CN1CCN(c2ncnc(N3CCc4ccccc43)c2[N+](=O)[O-])CC1. The van der Waals surface area contributed by atoms with E-state index in [0.29, 0.717) is 18.2 Å². The number of piperazine rings is 1. The first-order valence-electron chi connectivity index (χ1n) is 8.43. The van der Waals surface area contributed by atoms with Gasteiger partial charge in [0, 0.05) is 38.4 Å². The Hall–Kier alpha value is -2.74. The highest BCUT2D eigenvalue weighted by atomic mass is 16.6. The molecule has 0 radical (unpaired) electrons. The van der Waals surface area contributed by atoms with Crippen LogP contribution in [0, 0.1) is 10.1 Å². The van der Waals surface area contributed by atoms with Crippen molar-refractivity contribution in [1.82, 2.24) is 14.9 Å².